The van der Waals surface area contributed by atoms with Crippen LogP contribution in [0.5, 0.6) is 0 Å². The summed E-state index contributed by atoms with van der Waals surface area (Å²) in [7, 11) is 0. The molecule has 0 saturated carbocycles. The highest BCUT2D eigenvalue weighted by molar-refractivity contribution is 6.68. The minimum absolute atomic E-state index is 0.112. The van der Waals surface area contributed by atoms with Gasteiger partial charge in [0.25, 0.3) is 11.1 Å². The highest BCUT2D eigenvalue weighted by Gasteiger charge is 2.24. The van der Waals surface area contributed by atoms with Gasteiger partial charge in [0, 0.05) is 31.7 Å². The Hall–Kier alpha value is -2.17. The molecule has 0 aliphatic carbocycles. The van der Waals surface area contributed by atoms with E-state index in [1.165, 1.54) is 5.56 Å². The average Bonchev–Trinajstić information content (AvgIpc) is 2.69. The van der Waals surface area contributed by atoms with Gasteiger partial charge in [-0.1, -0.05) is 42.5 Å². The summed E-state index contributed by atoms with van der Waals surface area (Å²) in [5.41, 5.74) is 2.04. The summed E-state index contributed by atoms with van der Waals surface area (Å²) >= 11 is 5.60. The topological polar surface area (TPSA) is 40.6 Å². The van der Waals surface area contributed by atoms with Gasteiger partial charge >= 0.3 is 0 Å². The molecule has 1 aliphatic rings. The zero-order chi connectivity index (χ0) is 18.4. The Morgan fingerprint density at radius 2 is 1.46 bits per heavy atom. The van der Waals surface area contributed by atoms with E-state index in [1.807, 2.05) is 11.0 Å². The first kappa shape index (κ1) is 18.6. The number of piperazine rings is 1. The summed E-state index contributed by atoms with van der Waals surface area (Å²) in [5.74, 6) is -0.112. The second-order valence-electron chi connectivity index (χ2n) is 6.54. The number of benzene rings is 2. The van der Waals surface area contributed by atoms with Gasteiger partial charge < -0.3 is 4.90 Å². The van der Waals surface area contributed by atoms with Crippen LogP contribution < -0.4 is 0 Å². The van der Waals surface area contributed by atoms with E-state index in [1.54, 1.807) is 24.3 Å². The van der Waals surface area contributed by atoms with Crippen molar-refractivity contribution >= 4 is 22.8 Å². The molecule has 0 unspecified atom stereocenters. The summed E-state index contributed by atoms with van der Waals surface area (Å²) < 4.78 is 0. The number of amides is 1. The summed E-state index contributed by atoms with van der Waals surface area (Å²) in [5, 5.41) is -0.589. The second-order valence-corrected chi connectivity index (χ2v) is 6.89. The minimum Gasteiger partial charge on any atom is -0.336 e. The molecule has 1 aliphatic heterocycles. The monoisotopic (exact) mass is 370 g/mol. The van der Waals surface area contributed by atoms with Crippen LogP contribution in [0.1, 0.15) is 32.7 Å². The number of hydrogen-bond acceptors (Lipinski definition) is 3. The van der Waals surface area contributed by atoms with Crippen LogP contribution in [0.2, 0.25) is 0 Å². The largest absolute Gasteiger partial charge is 0.336 e. The fourth-order valence-corrected chi connectivity index (χ4v) is 3.50. The van der Waals surface area contributed by atoms with Crippen LogP contribution in [0.3, 0.4) is 0 Å². The summed E-state index contributed by atoms with van der Waals surface area (Å²) in [4.78, 5) is 28.5. The summed E-state index contributed by atoms with van der Waals surface area (Å²) in [6, 6.07) is 17.3. The normalized spacial score (nSPS) is 15.0. The lowest BCUT2D eigenvalue weighted by Crippen LogP contribution is -2.49. The predicted molar refractivity (Wildman–Crippen MR) is 104 cm³/mol. The number of halogens is 1. The van der Waals surface area contributed by atoms with Crippen molar-refractivity contribution in [1.82, 2.24) is 9.80 Å². The molecule has 3 rings (SSSR count). The predicted octanol–water partition coefficient (Wildman–Crippen LogP) is 3.46. The van der Waals surface area contributed by atoms with Gasteiger partial charge in [-0.2, -0.15) is 0 Å². The van der Waals surface area contributed by atoms with Crippen LogP contribution in [-0.4, -0.2) is 53.7 Å². The Bertz CT molecular complexity index is 756. The molecular weight excluding hydrogens is 348 g/mol. The van der Waals surface area contributed by atoms with E-state index in [0.29, 0.717) is 18.7 Å². The zero-order valence-electron chi connectivity index (χ0n) is 14.7. The van der Waals surface area contributed by atoms with Crippen molar-refractivity contribution in [3.63, 3.8) is 0 Å². The molecule has 26 heavy (non-hydrogen) atoms. The zero-order valence-corrected chi connectivity index (χ0v) is 15.5. The highest BCUT2D eigenvalue weighted by Crippen LogP contribution is 2.16. The molecule has 5 heteroatoms. The van der Waals surface area contributed by atoms with Crippen LogP contribution in [0.4, 0.5) is 0 Å². The number of hydrogen-bond donors (Lipinski definition) is 0. The van der Waals surface area contributed by atoms with Gasteiger partial charge in [0.05, 0.1) is 5.56 Å². The molecule has 136 valence electrons. The first-order chi connectivity index (χ1) is 12.6. The molecule has 0 atom stereocenters. The van der Waals surface area contributed by atoms with Gasteiger partial charge in [-0.05, 0) is 48.7 Å². The first-order valence-electron chi connectivity index (χ1n) is 8.99. The van der Waals surface area contributed by atoms with Gasteiger partial charge in [-0.3, -0.25) is 14.5 Å². The molecular formula is C21H23ClN2O2. The third kappa shape index (κ3) is 4.71. The third-order valence-electron chi connectivity index (χ3n) is 4.81. The molecule has 2 aromatic carbocycles. The van der Waals surface area contributed by atoms with Crippen molar-refractivity contribution in [1.29, 1.82) is 0 Å². The standard InChI is InChI=1S/C21H23ClN2O2/c22-20(25)18-10-4-5-11-19(18)21(26)24-15-13-23(14-16-24)12-6-9-17-7-2-1-3-8-17/h1-5,7-8,10-11H,6,9,12-16H2. The van der Waals surface area contributed by atoms with Crippen molar-refractivity contribution in [3.8, 4) is 0 Å². The molecule has 4 nitrogen and oxygen atoms in total. The fourth-order valence-electron chi connectivity index (χ4n) is 3.34. The lowest BCUT2D eigenvalue weighted by molar-refractivity contribution is 0.0633. The van der Waals surface area contributed by atoms with Crippen LogP contribution in [0.15, 0.2) is 54.6 Å². The van der Waals surface area contributed by atoms with Gasteiger partial charge in [0.1, 0.15) is 0 Å². The Kier molecular flexibility index (Phi) is 6.42. The molecule has 2 aromatic rings. The van der Waals surface area contributed by atoms with E-state index >= 15 is 0 Å². The maximum Gasteiger partial charge on any atom is 0.254 e. The summed E-state index contributed by atoms with van der Waals surface area (Å²) in [6.45, 7) is 4.10. The lowest BCUT2D eigenvalue weighted by atomic mass is 10.1. The molecule has 0 spiro atoms. The Morgan fingerprint density at radius 1 is 0.846 bits per heavy atom. The lowest BCUT2D eigenvalue weighted by Gasteiger charge is -2.35. The van der Waals surface area contributed by atoms with Crippen LogP contribution in [0.25, 0.3) is 0 Å². The van der Waals surface area contributed by atoms with E-state index < -0.39 is 5.24 Å². The second kappa shape index (κ2) is 8.97. The number of aryl methyl sites for hydroxylation is 1. The van der Waals surface area contributed by atoms with Gasteiger partial charge in [-0.15, -0.1) is 0 Å². The van der Waals surface area contributed by atoms with Gasteiger partial charge in [-0.25, -0.2) is 0 Å². The Balaban J connectivity index is 1.49. The van der Waals surface area contributed by atoms with Crippen LogP contribution >= 0.6 is 11.6 Å². The smallest absolute Gasteiger partial charge is 0.254 e. The van der Waals surface area contributed by atoms with Crippen molar-refractivity contribution in [2.75, 3.05) is 32.7 Å². The van der Waals surface area contributed by atoms with Crippen molar-refractivity contribution in [2.24, 2.45) is 0 Å². The van der Waals surface area contributed by atoms with Crippen molar-refractivity contribution in [3.05, 3.63) is 71.3 Å². The highest BCUT2D eigenvalue weighted by atomic mass is 35.5. The van der Waals surface area contributed by atoms with Crippen molar-refractivity contribution < 1.29 is 9.59 Å². The maximum atomic E-state index is 12.7. The molecule has 1 fully saturated rings. The number of rotatable bonds is 6. The third-order valence-corrected chi connectivity index (χ3v) is 5.01. The Morgan fingerprint density at radius 3 is 2.12 bits per heavy atom. The fraction of sp³-hybridized carbons (Fsp3) is 0.333. The van der Waals surface area contributed by atoms with E-state index in [-0.39, 0.29) is 11.5 Å². The molecule has 0 N–H and O–H groups in total. The van der Waals surface area contributed by atoms with E-state index in [9.17, 15) is 9.59 Å². The number of nitrogens with zero attached hydrogens (tertiary/aromatic N) is 2. The SMILES string of the molecule is O=C(Cl)c1ccccc1C(=O)N1CCN(CCCc2ccccc2)CC1. The molecule has 0 radical (unpaired) electrons. The van der Waals surface area contributed by atoms with Gasteiger partial charge in [0.2, 0.25) is 0 Å². The van der Waals surface area contributed by atoms with Crippen LogP contribution in [0, 0.1) is 0 Å². The molecule has 1 saturated heterocycles. The average molecular weight is 371 g/mol. The minimum atomic E-state index is -0.589. The van der Waals surface area contributed by atoms with E-state index in [2.05, 4.69) is 29.2 Å². The number of carbonyl (C=O) groups is 2. The van der Waals surface area contributed by atoms with Crippen molar-refractivity contribution in [2.45, 2.75) is 12.8 Å². The molecule has 1 heterocycles. The Labute approximate surface area is 159 Å². The maximum absolute atomic E-state index is 12.7. The molecule has 1 amide bonds. The number of carbonyl (C=O) groups excluding carboxylic acids is 2. The molecule has 0 bridgehead atoms. The van der Waals surface area contributed by atoms with Crippen LogP contribution in [-0.2, 0) is 6.42 Å². The van der Waals surface area contributed by atoms with E-state index in [4.69, 9.17) is 11.6 Å². The molecule has 0 aromatic heterocycles. The quantitative estimate of drug-likeness (QED) is 0.731. The first-order valence-corrected chi connectivity index (χ1v) is 9.37. The summed E-state index contributed by atoms with van der Waals surface area (Å²) in [6.07, 6.45) is 2.19. The van der Waals surface area contributed by atoms with Gasteiger partial charge in [0.15, 0.2) is 0 Å². The van der Waals surface area contributed by atoms with E-state index in [0.717, 1.165) is 32.5 Å².